The van der Waals surface area contributed by atoms with Gasteiger partial charge < -0.3 is 9.79 Å². The maximum atomic E-state index is 9.33. The summed E-state index contributed by atoms with van der Waals surface area (Å²) in [5.74, 6) is 0. The van der Waals surface area contributed by atoms with Gasteiger partial charge in [0.2, 0.25) is 0 Å². The fraction of sp³-hybridized carbons (Fsp3) is 1.00. The van der Waals surface area contributed by atoms with Gasteiger partial charge in [0.05, 0.1) is 5.34 Å². The van der Waals surface area contributed by atoms with Crippen molar-refractivity contribution in [1.82, 2.24) is 0 Å². The largest absolute Gasteiger partial charge is 0.325 e. The summed E-state index contributed by atoms with van der Waals surface area (Å²) in [6.07, 6.45) is 0. The van der Waals surface area contributed by atoms with Gasteiger partial charge in [0.25, 0.3) is 0 Å². The second kappa shape index (κ2) is 5.86. The van der Waals surface area contributed by atoms with Gasteiger partial charge in [-0.3, -0.25) is 4.57 Å². The molecule has 0 rings (SSSR count). The summed E-state index contributed by atoms with van der Waals surface area (Å²) in [4.78, 5) is 15.3. The highest BCUT2D eigenvalue weighted by Gasteiger charge is 1.95. The molecule has 0 aromatic carbocycles. The molecule has 0 saturated carbocycles. The Morgan fingerprint density at radius 2 is 1.50 bits per heavy atom. The Labute approximate surface area is 57.8 Å². The second-order valence-corrected chi connectivity index (χ2v) is 3.42. The molecule has 2 N–H and O–H groups in total. The van der Waals surface area contributed by atoms with Gasteiger partial charge in [-0.25, -0.2) is 0 Å². The Balaban J connectivity index is 0. The van der Waals surface area contributed by atoms with Crippen LogP contribution in [0.15, 0.2) is 0 Å². The lowest BCUT2D eigenvalue weighted by Gasteiger charge is -1.84. The van der Waals surface area contributed by atoms with Crippen LogP contribution in [0.2, 0.25) is 0 Å². The second-order valence-electron chi connectivity index (χ2n) is 0.936. The summed E-state index contributed by atoms with van der Waals surface area (Å²) in [5.41, 5.74) is 0. The quantitative estimate of drug-likeness (QED) is 0.436. The summed E-state index contributed by atoms with van der Waals surface area (Å²) in [6.45, 7) is 0.854. The Kier molecular flexibility index (Phi) is 8.44. The van der Waals surface area contributed by atoms with Crippen LogP contribution in [-0.2, 0) is 4.57 Å². The molecule has 0 heterocycles. The van der Waals surface area contributed by atoms with Crippen molar-refractivity contribution in [3.05, 3.63) is 0 Å². The van der Waals surface area contributed by atoms with E-state index in [2.05, 4.69) is 0 Å². The molecule has 0 aliphatic heterocycles. The van der Waals surface area contributed by atoms with E-state index in [4.69, 9.17) is 33.0 Å². The van der Waals surface area contributed by atoms with E-state index in [-0.39, 0.29) is 5.34 Å². The van der Waals surface area contributed by atoms with Crippen LogP contribution < -0.4 is 0 Å². The van der Waals surface area contributed by atoms with E-state index in [1.165, 1.54) is 0 Å². The molecular weight excluding hydrogens is 174 g/mol. The van der Waals surface area contributed by atoms with Crippen LogP contribution in [0.5, 0.6) is 0 Å². The van der Waals surface area contributed by atoms with E-state index in [1.807, 2.05) is 0 Å². The fourth-order valence-corrected chi connectivity index (χ4v) is 0. The Bertz CT molecular complexity index is 71.1. The molecule has 0 radical (unpaired) electrons. The summed E-state index contributed by atoms with van der Waals surface area (Å²) < 4.78 is 9.33. The van der Waals surface area contributed by atoms with E-state index < -0.39 is 7.60 Å². The number of alkyl halides is 2. The van der Waals surface area contributed by atoms with Crippen LogP contribution in [-0.4, -0.2) is 21.8 Å². The maximum Gasteiger partial charge on any atom is 0.322 e. The smallest absolute Gasteiger partial charge is 0.322 e. The molecule has 0 aliphatic carbocycles. The zero-order chi connectivity index (χ0) is 7.21. The highest BCUT2D eigenvalue weighted by Crippen LogP contribution is 2.26. The molecule has 0 amide bonds. The van der Waals surface area contributed by atoms with Crippen molar-refractivity contribution >= 4 is 30.8 Å². The third kappa shape index (κ3) is 415. The van der Waals surface area contributed by atoms with E-state index in [9.17, 15) is 4.57 Å². The molecule has 6 heteroatoms. The minimum Gasteiger partial charge on any atom is -0.325 e. The fourth-order valence-electron chi connectivity index (χ4n) is 0. The van der Waals surface area contributed by atoms with Crippen molar-refractivity contribution in [3.63, 3.8) is 0 Å². The van der Waals surface area contributed by atoms with Gasteiger partial charge in [-0.2, -0.15) is 0 Å². The first-order valence-electron chi connectivity index (χ1n) is 1.56. The maximum absolute atomic E-state index is 9.33. The highest BCUT2D eigenvalue weighted by molar-refractivity contribution is 7.50. The zero-order valence-electron chi connectivity index (χ0n) is 4.21. The average molecular weight is 181 g/mol. The van der Waals surface area contributed by atoms with Crippen LogP contribution in [0.4, 0.5) is 0 Å². The Morgan fingerprint density at radius 3 is 1.50 bits per heavy atom. The molecule has 0 aromatic rings. The SMILES string of the molecule is CP(=O)(O)O.ClCCl. The van der Waals surface area contributed by atoms with Gasteiger partial charge in [0, 0.05) is 6.66 Å². The van der Waals surface area contributed by atoms with E-state index >= 15 is 0 Å². The average Bonchev–Trinajstić information content (AvgIpc) is 1.27. The predicted molar refractivity (Wildman–Crippen MR) is 34.5 cm³/mol. The lowest BCUT2D eigenvalue weighted by Crippen LogP contribution is -1.64. The third-order valence-corrected chi connectivity index (χ3v) is 0. The summed E-state index contributed by atoms with van der Waals surface area (Å²) in [6, 6.07) is 0. The van der Waals surface area contributed by atoms with Crippen molar-refractivity contribution in [2.75, 3.05) is 12.0 Å². The first-order valence-corrected chi connectivity index (χ1v) is 4.69. The van der Waals surface area contributed by atoms with Crippen molar-refractivity contribution < 1.29 is 14.4 Å². The van der Waals surface area contributed by atoms with Crippen LogP contribution in [0.25, 0.3) is 0 Å². The lowest BCUT2D eigenvalue weighted by molar-refractivity contribution is 0.381. The highest BCUT2D eigenvalue weighted by atomic mass is 35.5. The van der Waals surface area contributed by atoms with Gasteiger partial charge in [0.1, 0.15) is 0 Å². The van der Waals surface area contributed by atoms with Crippen LogP contribution >= 0.6 is 30.8 Å². The van der Waals surface area contributed by atoms with Gasteiger partial charge in [-0.1, -0.05) is 0 Å². The molecule has 0 saturated heterocycles. The first kappa shape index (κ1) is 11.5. The molecule has 0 unspecified atom stereocenters. The first-order chi connectivity index (χ1) is 3.41. The van der Waals surface area contributed by atoms with Crippen LogP contribution in [0.1, 0.15) is 0 Å². The third-order valence-electron chi connectivity index (χ3n) is 0. The normalized spacial score (nSPS) is 9.62. The molecule has 0 aromatic heterocycles. The Morgan fingerprint density at radius 1 is 1.50 bits per heavy atom. The van der Waals surface area contributed by atoms with Crippen molar-refractivity contribution in [2.45, 2.75) is 0 Å². The topological polar surface area (TPSA) is 57.5 Å². The lowest BCUT2D eigenvalue weighted by atomic mass is 11.9. The molecule has 52 valence electrons. The number of hydrogen-bond donors (Lipinski definition) is 2. The molecular formula is C2H7Cl2O3P. The van der Waals surface area contributed by atoms with Crippen molar-refractivity contribution in [1.29, 1.82) is 0 Å². The molecule has 8 heavy (non-hydrogen) atoms. The van der Waals surface area contributed by atoms with Crippen LogP contribution in [0, 0.1) is 0 Å². The minimum absolute atomic E-state index is 0.194. The minimum atomic E-state index is -3.64. The molecule has 3 nitrogen and oxygen atoms in total. The van der Waals surface area contributed by atoms with Crippen molar-refractivity contribution in [2.24, 2.45) is 0 Å². The number of hydrogen-bond acceptors (Lipinski definition) is 1. The molecule has 0 spiro atoms. The monoisotopic (exact) mass is 180 g/mol. The predicted octanol–water partition coefficient (Wildman–Crippen LogP) is 1.22. The van der Waals surface area contributed by atoms with E-state index in [0.29, 0.717) is 0 Å². The van der Waals surface area contributed by atoms with E-state index in [1.54, 1.807) is 0 Å². The van der Waals surface area contributed by atoms with Gasteiger partial charge >= 0.3 is 7.60 Å². The Hall–Kier alpha value is 0.730. The molecule has 0 aliphatic rings. The summed E-state index contributed by atoms with van der Waals surface area (Å²) >= 11 is 9.53. The summed E-state index contributed by atoms with van der Waals surface area (Å²) in [7, 11) is -3.64. The standard InChI is InChI=1S/CH2Cl2.CH5O3P/c2-1-3;1-5(2,3)4/h1H2;1H3,(H2,2,3,4). The summed E-state index contributed by atoms with van der Waals surface area (Å²) in [5, 5.41) is 0.194. The van der Waals surface area contributed by atoms with Crippen molar-refractivity contribution in [3.8, 4) is 0 Å². The zero-order valence-corrected chi connectivity index (χ0v) is 6.62. The van der Waals surface area contributed by atoms with Crippen LogP contribution in [0.3, 0.4) is 0 Å². The van der Waals surface area contributed by atoms with Gasteiger partial charge in [-0.15, -0.1) is 23.2 Å². The molecule has 0 atom stereocenters. The van der Waals surface area contributed by atoms with E-state index in [0.717, 1.165) is 6.66 Å². The van der Waals surface area contributed by atoms with Gasteiger partial charge in [0.15, 0.2) is 0 Å². The molecule has 0 bridgehead atoms. The molecule has 0 fully saturated rings. The number of halogens is 2. The van der Waals surface area contributed by atoms with Gasteiger partial charge in [-0.05, 0) is 0 Å². The number of rotatable bonds is 0.